The largest absolute Gasteiger partial charge is 0.497 e. The Morgan fingerprint density at radius 2 is 1.96 bits per heavy atom. The summed E-state index contributed by atoms with van der Waals surface area (Å²) in [6, 6.07) is 7.70. The summed E-state index contributed by atoms with van der Waals surface area (Å²) in [5.74, 6) is 1.40. The minimum atomic E-state index is -0.151. The van der Waals surface area contributed by atoms with Gasteiger partial charge in [-0.3, -0.25) is 9.59 Å². The van der Waals surface area contributed by atoms with Gasteiger partial charge in [-0.15, -0.1) is 0 Å². The predicted octanol–water partition coefficient (Wildman–Crippen LogP) is 0.877. The molecule has 1 fully saturated rings. The maximum Gasteiger partial charge on any atom is 0.242 e. The van der Waals surface area contributed by atoms with E-state index in [4.69, 9.17) is 4.74 Å². The molecule has 0 saturated carbocycles. The SMILES string of the molecule is CCNC(=NCC(=O)NCc1ccc(OC)cc1)NC1CCN(C(=O)CC)C1. The van der Waals surface area contributed by atoms with Crippen LogP contribution in [0.3, 0.4) is 0 Å². The number of rotatable bonds is 8. The molecule has 3 N–H and O–H groups in total. The summed E-state index contributed by atoms with van der Waals surface area (Å²) >= 11 is 0. The molecule has 8 heteroatoms. The fourth-order valence-electron chi connectivity index (χ4n) is 2.99. The molecular weight excluding hydrogens is 358 g/mol. The maximum atomic E-state index is 12.1. The van der Waals surface area contributed by atoms with Crippen molar-refractivity contribution < 1.29 is 14.3 Å². The Hall–Kier alpha value is -2.77. The average Bonchev–Trinajstić information content (AvgIpc) is 3.19. The first-order valence-corrected chi connectivity index (χ1v) is 9.78. The van der Waals surface area contributed by atoms with Gasteiger partial charge in [0, 0.05) is 38.6 Å². The van der Waals surface area contributed by atoms with E-state index in [-0.39, 0.29) is 24.4 Å². The zero-order valence-corrected chi connectivity index (χ0v) is 17.0. The van der Waals surface area contributed by atoms with E-state index in [0.717, 1.165) is 24.3 Å². The van der Waals surface area contributed by atoms with E-state index < -0.39 is 0 Å². The number of aliphatic imine (C=N–C) groups is 1. The molecule has 8 nitrogen and oxygen atoms in total. The summed E-state index contributed by atoms with van der Waals surface area (Å²) in [4.78, 5) is 30.1. The molecule has 1 atom stereocenters. The highest BCUT2D eigenvalue weighted by atomic mass is 16.5. The van der Waals surface area contributed by atoms with Crippen molar-refractivity contribution in [3.63, 3.8) is 0 Å². The van der Waals surface area contributed by atoms with Crippen molar-refractivity contribution in [1.29, 1.82) is 0 Å². The zero-order chi connectivity index (χ0) is 20.4. The lowest BCUT2D eigenvalue weighted by Gasteiger charge is -2.18. The third-order valence-electron chi connectivity index (χ3n) is 4.56. The van der Waals surface area contributed by atoms with Crippen LogP contribution >= 0.6 is 0 Å². The molecule has 0 aliphatic carbocycles. The molecule has 2 rings (SSSR count). The van der Waals surface area contributed by atoms with Gasteiger partial charge in [0.1, 0.15) is 12.3 Å². The molecule has 28 heavy (non-hydrogen) atoms. The summed E-state index contributed by atoms with van der Waals surface area (Å²) in [6.07, 6.45) is 1.40. The number of methoxy groups -OCH3 is 1. The number of hydrogen-bond acceptors (Lipinski definition) is 4. The van der Waals surface area contributed by atoms with Gasteiger partial charge in [-0.1, -0.05) is 19.1 Å². The van der Waals surface area contributed by atoms with Crippen molar-refractivity contribution in [2.45, 2.75) is 39.3 Å². The molecule has 2 amide bonds. The van der Waals surface area contributed by atoms with Gasteiger partial charge < -0.3 is 25.6 Å². The summed E-state index contributed by atoms with van der Waals surface area (Å²) in [5, 5.41) is 9.33. The molecular formula is C20H31N5O3. The van der Waals surface area contributed by atoms with Crippen molar-refractivity contribution in [3.8, 4) is 5.75 Å². The van der Waals surface area contributed by atoms with Gasteiger partial charge in [0.15, 0.2) is 5.96 Å². The van der Waals surface area contributed by atoms with Crippen LogP contribution in [0.4, 0.5) is 0 Å². The first-order chi connectivity index (χ1) is 13.5. The normalized spacial score (nSPS) is 16.6. The smallest absolute Gasteiger partial charge is 0.242 e. The molecule has 1 saturated heterocycles. The van der Waals surface area contributed by atoms with Crippen molar-refractivity contribution in [3.05, 3.63) is 29.8 Å². The van der Waals surface area contributed by atoms with Gasteiger partial charge in [0.2, 0.25) is 11.8 Å². The van der Waals surface area contributed by atoms with Crippen LogP contribution in [0.25, 0.3) is 0 Å². The number of amides is 2. The molecule has 1 aromatic carbocycles. The fraction of sp³-hybridized carbons (Fsp3) is 0.550. The number of nitrogens with one attached hydrogen (secondary N) is 3. The molecule has 0 radical (unpaired) electrons. The number of carbonyl (C=O) groups is 2. The highest BCUT2D eigenvalue weighted by molar-refractivity contribution is 5.85. The van der Waals surface area contributed by atoms with Gasteiger partial charge in [-0.25, -0.2) is 4.99 Å². The van der Waals surface area contributed by atoms with E-state index in [1.807, 2.05) is 43.0 Å². The Kier molecular flexibility index (Phi) is 8.58. The molecule has 0 spiro atoms. The topological polar surface area (TPSA) is 95.1 Å². The minimum absolute atomic E-state index is 0.0375. The van der Waals surface area contributed by atoms with E-state index in [1.165, 1.54) is 0 Å². The Morgan fingerprint density at radius 1 is 1.21 bits per heavy atom. The van der Waals surface area contributed by atoms with Crippen molar-refractivity contribution >= 4 is 17.8 Å². The van der Waals surface area contributed by atoms with E-state index in [2.05, 4.69) is 20.9 Å². The number of hydrogen-bond donors (Lipinski definition) is 3. The minimum Gasteiger partial charge on any atom is -0.497 e. The van der Waals surface area contributed by atoms with Crippen LogP contribution in [0.1, 0.15) is 32.3 Å². The summed E-state index contributed by atoms with van der Waals surface area (Å²) < 4.78 is 5.12. The second kappa shape index (κ2) is 11.2. The van der Waals surface area contributed by atoms with Gasteiger partial charge in [0.25, 0.3) is 0 Å². The molecule has 1 unspecified atom stereocenters. The quantitative estimate of drug-likeness (QED) is 0.453. The van der Waals surface area contributed by atoms with Crippen LogP contribution < -0.4 is 20.7 Å². The second-order valence-corrected chi connectivity index (χ2v) is 6.64. The fourth-order valence-corrected chi connectivity index (χ4v) is 2.99. The van der Waals surface area contributed by atoms with Crippen molar-refractivity contribution in [2.24, 2.45) is 4.99 Å². The van der Waals surface area contributed by atoms with Crippen molar-refractivity contribution in [2.75, 3.05) is 33.3 Å². The Morgan fingerprint density at radius 3 is 2.61 bits per heavy atom. The third kappa shape index (κ3) is 6.75. The lowest BCUT2D eigenvalue weighted by molar-refractivity contribution is -0.129. The number of nitrogens with zero attached hydrogens (tertiary/aromatic N) is 2. The monoisotopic (exact) mass is 389 g/mol. The number of carbonyl (C=O) groups excluding carboxylic acids is 2. The van der Waals surface area contributed by atoms with E-state index in [1.54, 1.807) is 7.11 Å². The van der Waals surface area contributed by atoms with Crippen LogP contribution in [0.15, 0.2) is 29.3 Å². The molecule has 1 heterocycles. The lowest BCUT2D eigenvalue weighted by Crippen LogP contribution is -2.45. The molecule has 1 aliphatic rings. The van der Waals surface area contributed by atoms with E-state index >= 15 is 0 Å². The molecule has 154 valence electrons. The number of likely N-dealkylation sites (tertiary alicyclic amines) is 1. The Labute approximate surface area is 166 Å². The van der Waals surface area contributed by atoms with Crippen LogP contribution in [-0.4, -0.2) is 62.0 Å². The van der Waals surface area contributed by atoms with E-state index in [0.29, 0.717) is 32.0 Å². The first kappa shape index (κ1) is 21.5. The average molecular weight is 390 g/mol. The highest BCUT2D eigenvalue weighted by Gasteiger charge is 2.25. The van der Waals surface area contributed by atoms with Gasteiger partial charge in [-0.05, 0) is 31.0 Å². The highest BCUT2D eigenvalue weighted by Crippen LogP contribution is 2.11. The summed E-state index contributed by atoms with van der Waals surface area (Å²) in [7, 11) is 1.62. The molecule has 1 aliphatic heterocycles. The third-order valence-corrected chi connectivity index (χ3v) is 4.56. The van der Waals surface area contributed by atoms with Gasteiger partial charge >= 0.3 is 0 Å². The number of guanidine groups is 1. The van der Waals surface area contributed by atoms with E-state index in [9.17, 15) is 9.59 Å². The number of benzene rings is 1. The number of ether oxygens (including phenoxy) is 1. The van der Waals surface area contributed by atoms with Crippen LogP contribution in [-0.2, 0) is 16.1 Å². The van der Waals surface area contributed by atoms with Crippen LogP contribution in [0.5, 0.6) is 5.75 Å². The standard InChI is InChI=1S/C20H31N5O3/c1-4-19(27)25-11-10-16(14-25)24-20(21-5-2)23-13-18(26)22-12-15-6-8-17(28-3)9-7-15/h6-9,16H,4-5,10-14H2,1-3H3,(H,22,26)(H2,21,23,24). The first-order valence-electron chi connectivity index (χ1n) is 9.78. The Balaban J connectivity index is 1.80. The molecule has 1 aromatic rings. The lowest BCUT2D eigenvalue weighted by atomic mass is 10.2. The molecule has 0 aromatic heterocycles. The van der Waals surface area contributed by atoms with Crippen LogP contribution in [0, 0.1) is 0 Å². The summed E-state index contributed by atoms with van der Waals surface area (Å²) in [5.41, 5.74) is 0.995. The Bertz CT molecular complexity index is 675. The summed E-state index contributed by atoms with van der Waals surface area (Å²) in [6.45, 7) is 6.45. The van der Waals surface area contributed by atoms with Gasteiger partial charge in [0.05, 0.1) is 7.11 Å². The predicted molar refractivity (Wildman–Crippen MR) is 109 cm³/mol. The zero-order valence-electron chi connectivity index (χ0n) is 17.0. The molecule has 0 bridgehead atoms. The van der Waals surface area contributed by atoms with Crippen LogP contribution in [0.2, 0.25) is 0 Å². The maximum absolute atomic E-state index is 12.1. The van der Waals surface area contributed by atoms with Gasteiger partial charge in [-0.2, -0.15) is 0 Å². The van der Waals surface area contributed by atoms with Crippen molar-refractivity contribution in [1.82, 2.24) is 20.9 Å². The second-order valence-electron chi connectivity index (χ2n) is 6.64.